The zero-order valence-electron chi connectivity index (χ0n) is 29.7. The molecule has 4 aromatic carbocycles. The van der Waals surface area contributed by atoms with Crippen LogP contribution in [0.2, 0.25) is 10.0 Å². The Morgan fingerprint density at radius 3 is 1.90 bits per heavy atom. The lowest BCUT2D eigenvalue weighted by atomic mass is 9.81. The molecule has 0 spiro atoms. The summed E-state index contributed by atoms with van der Waals surface area (Å²) in [4.78, 5) is 4.76. The Kier molecular flexibility index (Phi) is 9.01. The first-order chi connectivity index (χ1) is 24.1. The van der Waals surface area contributed by atoms with Crippen LogP contribution < -0.4 is 9.80 Å². The molecule has 3 aliphatic rings. The number of para-hydroxylation sites is 2. The van der Waals surface area contributed by atoms with Gasteiger partial charge in [-0.05, 0) is 111 Å². The maximum absolute atomic E-state index is 6.43. The highest BCUT2D eigenvalue weighted by Crippen LogP contribution is 2.48. The van der Waals surface area contributed by atoms with Gasteiger partial charge in [-0.1, -0.05) is 91.7 Å². The first-order valence-electron chi connectivity index (χ1n) is 17.5. The summed E-state index contributed by atoms with van der Waals surface area (Å²) in [7, 11) is 0. The van der Waals surface area contributed by atoms with Gasteiger partial charge < -0.3 is 9.80 Å². The predicted octanol–water partition coefficient (Wildman–Crippen LogP) is 12.2. The van der Waals surface area contributed by atoms with Gasteiger partial charge in [-0.3, -0.25) is 0 Å². The van der Waals surface area contributed by atoms with E-state index in [1.807, 2.05) is 24.3 Å². The molecule has 50 heavy (non-hydrogen) atoms. The normalized spacial score (nSPS) is 19.0. The van der Waals surface area contributed by atoms with Gasteiger partial charge in [0.05, 0.1) is 11.1 Å². The number of fused-ring (bicyclic) bond motifs is 2. The van der Waals surface area contributed by atoms with Gasteiger partial charge in [0, 0.05) is 62.5 Å². The molecule has 2 aliphatic heterocycles. The molecule has 3 nitrogen and oxygen atoms in total. The largest absolute Gasteiger partial charge is 0.344 e. The van der Waals surface area contributed by atoms with E-state index < -0.39 is 0 Å². The number of rotatable bonds is 8. The van der Waals surface area contributed by atoms with Crippen molar-refractivity contribution in [3.8, 4) is 0 Å². The third-order valence-corrected chi connectivity index (χ3v) is 11.0. The van der Waals surface area contributed by atoms with E-state index in [-0.39, 0.29) is 10.8 Å². The number of hydrogen-bond donors (Lipinski definition) is 0. The van der Waals surface area contributed by atoms with Crippen LogP contribution in [0.5, 0.6) is 0 Å². The summed E-state index contributed by atoms with van der Waals surface area (Å²) in [6.45, 7) is 15.6. The number of allylic oxidation sites excluding steroid dienone is 8. The first-order valence-corrected chi connectivity index (χ1v) is 18.3. The van der Waals surface area contributed by atoms with Crippen molar-refractivity contribution in [2.24, 2.45) is 0 Å². The Bertz CT molecular complexity index is 2100. The van der Waals surface area contributed by atoms with Crippen LogP contribution in [0.3, 0.4) is 0 Å². The van der Waals surface area contributed by atoms with Crippen molar-refractivity contribution in [2.75, 3.05) is 22.9 Å². The Balaban J connectivity index is 1.42. The van der Waals surface area contributed by atoms with Crippen LogP contribution >= 0.6 is 23.2 Å². The first kappa shape index (κ1) is 33.9. The van der Waals surface area contributed by atoms with Crippen LogP contribution in [-0.2, 0) is 10.8 Å². The zero-order valence-corrected chi connectivity index (χ0v) is 31.2. The minimum Gasteiger partial charge on any atom is -0.344 e. The summed E-state index contributed by atoms with van der Waals surface area (Å²) < 4.78 is 2.45. The van der Waals surface area contributed by atoms with Crippen molar-refractivity contribution in [3.05, 3.63) is 177 Å². The Morgan fingerprint density at radius 1 is 0.680 bits per heavy atom. The maximum atomic E-state index is 6.43. The quantitative estimate of drug-likeness (QED) is 0.170. The van der Waals surface area contributed by atoms with Gasteiger partial charge in [-0.15, -0.1) is 0 Å². The molecule has 4 aromatic rings. The number of anilines is 3. The second-order valence-corrected chi connectivity index (χ2v) is 15.0. The molecule has 0 atom stereocenters. The highest BCUT2D eigenvalue weighted by Gasteiger charge is 2.43. The summed E-state index contributed by atoms with van der Waals surface area (Å²) in [6.07, 6.45) is 13.7. The molecule has 0 bridgehead atoms. The van der Waals surface area contributed by atoms with Crippen molar-refractivity contribution in [2.45, 2.75) is 52.4 Å². The van der Waals surface area contributed by atoms with E-state index in [1.54, 1.807) is 0 Å². The van der Waals surface area contributed by atoms with Gasteiger partial charge in [0.2, 0.25) is 5.69 Å². The van der Waals surface area contributed by atoms with Gasteiger partial charge in [-0.25, -0.2) is 0 Å². The van der Waals surface area contributed by atoms with Crippen molar-refractivity contribution < 1.29 is 4.58 Å². The van der Waals surface area contributed by atoms with Crippen molar-refractivity contribution in [1.29, 1.82) is 0 Å². The molecular weight excluding hydrogens is 653 g/mol. The molecule has 0 fully saturated rings. The van der Waals surface area contributed by atoms with Gasteiger partial charge in [0.15, 0.2) is 5.71 Å². The monoisotopic (exact) mass is 696 g/mol. The molecule has 0 N–H and O–H groups in total. The van der Waals surface area contributed by atoms with Crippen molar-refractivity contribution in [1.82, 2.24) is 0 Å². The summed E-state index contributed by atoms with van der Waals surface area (Å²) in [5.74, 6) is 0. The van der Waals surface area contributed by atoms with Gasteiger partial charge in [-0.2, -0.15) is 4.58 Å². The van der Waals surface area contributed by atoms with Crippen LogP contribution in [0.4, 0.5) is 22.7 Å². The molecular formula is C45H44Cl2N3+. The Morgan fingerprint density at radius 2 is 1.28 bits per heavy atom. The fraction of sp³-hybridized carbons (Fsp3) is 0.222. The smallest absolute Gasteiger partial charge is 0.209 e. The van der Waals surface area contributed by atoms with Gasteiger partial charge in [0.25, 0.3) is 0 Å². The summed E-state index contributed by atoms with van der Waals surface area (Å²) >= 11 is 12.9. The van der Waals surface area contributed by atoms with E-state index in [1.165, 1.54) is 33.9 Å². The number of hydrogen-bond acceptors (Lipinski definition) is 2. The number of likely N-dealkylation sites (N-methyl/N-ethyl adjacent to an activating group) is 1. The van der Waals surface area contributed by atoms with Crippen molar-refractivity contribution in [3.63, 3.8) is 0 Å². The lowest BCUT2D eigenvalue weighted by Crippen LogP contribution is -2.27. The average Bonchev–Trinajstić information content (AvgIpc) is 3.69. The van der Waals surface area contributed by atoms with E-state index in [0.717, 1.165) is 41.3 Å². The maximum Gasteiger partial charge on any atom is 0.209 e. The molecule has 0 saturated carbocycles. The fourth-order valence-corrected chi connectivity index (χ4v) is 8.17. The Labute approximate surface area is 307 Å². The zero-order chi connectivity index (χ0) is 35.2. The van der Waals surface area contributed by atoms with E-state index >= 15 is 0 Å². The van der Waals surface area contributed by atoms with Crippen LogP contribution in [-0.4, -0.2) is 23.4 Å². The van der Waals surface area contributed by atoms with Crippen LogP contribution in [0, 0.1) is 0 Å². The average molecular weight is 698 g/mol. The standard InChI is InChI=1S/C45H44Cl2N3/c1-7-48-39-15-11-9-13-37(39)44(3,4)41(48)29-19-31-17-18-32(20-30-42-45(5,6)38-14-10-12-16-40(38)49(42)8-2)43(31)50(35-25-21-33(46)22-26-35)36-27-23-34(47)24-28-36/h9-30H,7-8H2,1-6H3/q+1. The number of benzene rings is 4. The minimum atomic E-state index is -0.131. The molecule has 0 aromatic heterocycles. The molecule has 0 saturated heterocycles. The summed E-state index contributed by atoms with van der Waals surface area (Å²) in [5.41, 5.74) is 13.0. The van der Waals surface area contributed by atoms with Crippen LogP contribution in [0.15, 0.2) is 156 Å². The second-order valence-electron chi connectivity index (χ2n) is 14.1. The predicted molar refractivity (Wildman–Crippen MR) is 214 cm³/mol. The number of nitrogens with zero attached hydrogens (tertiary/aromatic N) is 3. The highest BCUT2D eigenvalue weighted by atomic mass is 35.5. The highest BCUT2D eigenvalue weighted by molar-refractivity contribution is 6.31. The van der Waals surface area contributed by atoms with Gasteiger partial charge >= 0.3 is 0 Å². The van der Waals surface area contributed by atoms with E-state index in [9.17, 15) is 0 Å². The van der Waals surface area contributed by atoms with Crippen LogP contribution in [0.25, 0.3) is 0 Å². The molecule has 0 unspecified atom stereocenters. The molecule has 7 rings (SSSR count). The fourth-order valence-electron chi connectivity index (χ4n) is 7.92. The topological polar surface area (TPSA) is 9.49 Å². The second kappa shape index (κ2) is 13.3. The van der Waals surface area contributed by atoms with Crippen molar-refractivity contribution >= 4 is 51.7 Å². The molecule has 0 amide bonds. The minimum absolute atomic E-state index is 0.131. The third kappa shape index (κ3) is 5.77. The number of halogens is 2. The van der Waals surface area contributed by atoms with E-state index in [4.69, 9.17) is 23.2 Å². The summed E-state index contributed by atoms with van der Waals surface area (Å²) in [5, 5.41) is 1.40. The lowest BCUT2D eigenvalue weighted by molar-refractivity contribution is -0.433. The SMILES string of the molecule is CCN1/C(=C/C=C2\C=CC(/C=C/C3=[N+](CC)c4ccccc4C3(C)C)=C2N(c2ccc(Cl)cc2)c2ccc(Cl)cc2)C(C)(C)c2ccccc21. The van der Waals surface area contributed by atoms with E-state index in [0.29, 0.717) is 10.0 Å². The van der Waals surface area contributed by atoms with E-state index in [2.05, 4.69) is 165 Å². The molecule has 0 radical (unpaired) electrons. The Hall–Kier alpha value is -4.57. The summed E-state index contributed by atoms with van der Waals surface area (Å²) in [6, 6.07) is 33.7. The molecule has 5 heteroatoms. The molecule has 252 valence electrons. The third-order valence-electron chi connectivity index (χ3n) is 10.5. The van der Waals surface area contributed by atoms with Gasteiger partial charge in [0.1, 0.15) is 6.54 Å². The molecule has 2 heterocycles. The van der Waals surface area contributed by atoms with Crippen LogP contribution in [0.1, 0.15) is 52.7 Å². The lowest BCUT2D eigenvalue weighted by Gasteiger charge is -2.29. The molecule has 1 aliphatic carbocycles.